The minimum absolute atomic E-state index is 0.221. The van der Waals surface area contributed by atoms with E-state index in [1.807, 2.05) is 25.3 Å². The summed E-state index contributed by atoms with van der Waals surface area (Å²) in [7, 11) is 6.82. The molecule has 2 aromatic carbocycles. The standard InChI is InChI=1S/C24H31ClN2O4/c1-28-19-12-18-15-26(17-6-7-20(25)23(13-17)30-3)9-10-27(18)21(14-19)16-5-8-22(29-2)24(11-16)31-4/h5-8,11,13,18-19,21H,9-10,12,14-15H2,1-4H3/t18?,19?,21-/m1/s1. The van der Waals surface area contributed by atoms with Crippen LogP contribution < -0.4 is 19.1 Å². The number of halogens is 1. The molecule has 0 aromatic heterocycles. The van der Waals surface area contributed by atoms with Crippen LogP contribution in [-0.4, -0.2) is 65.1 Å². The number of rotatable bonds is 6. The van der Waals surface area contributed by atoms with Crippen LogP contribution in [0.5, 0.6) is 17.2 Å². The first-order valence-electron chi connectivity index (χ1n) is 10.7. The third-order valence-corrected chi connectivity index (χ3v) is 6.89. The highest BCUT2D eigenvalue weighted by molar-refractivity contribution is 6.32. The monoisotopic (exact) mass is 446 g/mol. The van der Waals surface area contributed by atoms with Crippen LogP contribution in [0.2, 0.25) is 5.02 Å². The number of piperazine rings is 1. The van der Waals surface area contributed by atoms with E-state index in [2.05, 4.69) is 28.0 Å². The van der Waals surface area contributed by atoms with Crippen molar-refractivity contribution < 1.29 is 18.9 Å². The van der Waals surface area contributed by atoms with Gasteiger partial charge >= 0.3 is 0 Å². The summed E-state index contributed by atoms with van der Waals surface area (Å²) in [6.45, 7) is 2.86. The van der Waals surface area contributed by atoms with Crippen LogP contribution in [0.4, 0.5) is 5.69 Å². The fourth-order valence-corrected chi connectivity index (χ4v) is 5.13. The molecule has 2 aliphatic rings. The number of hydrogen-bond donors (Lipinski definition) is 0. The van der Waals surface area contributed by atoms with Crippen molar-refractivity contribution in [2.45, 2.75) is 31.0 Å². The second kappa shape index (κ2) is 9.55. The average Bonchev–Trinajstić information content (AvgIpc) is 2.82. The lowest BCUT2D eigenvalue weighted by atomic mass is 9.87. The molecule has 0 bridgehead atoms. The molecule has 3 atom stereocenters. The van der Waals surface area contributed by atoms with Gasteiger partial charge in [-0.3, -0.25) is 4.90 Å². The molecule has 2 aliphatic heterocycles. The quantitative estimate of drug-likeness (QED) is 0.655. The van der Waals surface area contributed by atoms with E-state index in [1.54, 1.807) is 21.3 Å². The van der Waals surface area contributed by atoms with Gasteiger partial charge < -0.3 is 23.8 Å². The Labute approximate surface area is 189 Å². The van der Waals surface area contributed by atoms with Gasteiger partial charge in [0, 0.05) is 50.6 Å². The maximum atomic E-state index is 6.23. The molecule has 2 fully saturated rings. The second-order valence-electron chi connectivity index (χ2n) is 8.12. The van der Waals surface area contributed by atoms with Crippen molar-refractivity contribution in [2.24, 2.45) is 0 Å². The van der Waals surface area contributed by atoms with Gasteiger partial charge in [-0.2, -0.15) is 0 Å². The number of anilines is 1. The Morgan fingerprint density at radius 1 is 0.839 bits per heavy atom. The third kappa shape index (κ3) is 4.43. The first kappa shape index (κ1) is 22.1. The van der Waals surface area contributed by atoms with Gasteiger partial charge in [-0.25, -0.2) is 0 Å². The maximum Gasteiger partial charge on any atom is 0.161 e. The lowest BCUT2D eigenvalue weighted by Crippen LogP contribution is -2.58. The minimum atomic E-state index is 0.221. The fraction of sp³-hybridized carbons (Fsp3) is 0.500. The van der Waals surface area contributed by atoms with E-state index in [4.69, 9.17) is 30.5 Å². The highest BCUT2D eigenvalue weighted by Crippen LogP contribution is 2.41. The molecule has 168 valence electrons. The van der Waals surface area contributed by atoms with E-state index < -0.39 is 0 Å². The Morgan fingerprint density at radius 2 is 1.61 bits per heavy atom. The van der Waals surface area contributed by atoms with Crippen LogP contribution in [0, 0.1) is 0 Å². The zero-order valence-electron chi connectivity index (χ0n) is 18.6. The Bertz CT molecular complexity index is 909. The number of ether oxygens (including phenoxy) is 4. The Balaban J connectivity index is 1.58. The Morgan fingerprint density at radius 3 is 2.32 bits per heavy atom. The third-order valence-electron chi connectivity index (χ3n) is 6.58. The number of piperidine rings is 1. The second-order valence-corrected chi connectivity index (χ2v) is 8.52. The largest absolute Gasteiger partial charge is 0.495 e. The smallest absolute Gasteiger partial charge is 0.161 e. The Kier molecular flexibility index (Phi) is 6.80. The van der Waals surface area contributed by atoms with Crippen molar-refractivity contribution in [3.8, 4) is 17.2 Å². The van der Waals surface area contributed by atoms with Gasteiger partial charge in [0.1, 0.15) is 5.75 Å². The molecule has 0 aliphatic carbocycles. The van der Waals surface area contributed by atoms with Crippen molar-refractivity contribution in [1.29, 1.82) is 0 Å². The minimum Gasteiger partial charge on any atom is -0.495 e. The lowest BCUT2D eigenvalue weighted by molar-refractivity contribution is -0.0272. The zero-order chi connectivity index (χ0) is 22.0. The highest BCUT2D eigenvalue weighted by Gasteiger charge is 2.40. The number of benzene rings is 2. The van der Waals surface area contributed by atoms with E-state index in [9.17, 15) is 0 Å². The lowest BCUT2D eigenvalue weighted by Gasteiger charge is -2.50. The van der Waals surface area contributed by atoms with E-state index >= 15 is 0 Å². The molecule has 0 saturated carbocycles. The molecule has 7 heteroatoms. The van der Waals surface area contributed by atoms with Crippen molar-refractivity contribution in [2.75, 3.05) is 53.0 Å². The highest BCUT2D eigenvalue weighted by atomic mass is 35.5. The zero-order valence-corrected chi connectivity index (χ0v) is 19.4. The summed E-state index contributed by atoms with van der Waals surface area (Å²) in [5, 5.41) is 0.635. The topological polar surface area (TPSA) is 43.4 Å². The summed E-state index contributed by atoms with van der Waals surface area (Å²) in [6.07, 6.45) is 2.21. The van der Waals surface area contributed by atoms with E-state index in [-0.39, 0.29) is 12.1 Å². The van der Waals surface area contributed by atoms with Crippen LogP contribution in [0.15, 0.2) is 36.4 Å². The van der Waals surface area contributed by atoms with Crippen LogP contribution in [-0.2, 0) is 4.74 Å². The number of hydrogen-bond acceptors (Lipinski definition) is 6. The SMILES string of the molecule is COc1cc(N2CCN3C(CC(OC)C[C@@H]3c3ccc(OC)c(OC)c3)C2)ccc1Cl. The molecule has 2 saturated heterocycles. The molecule has 0 amide bonds. The number of fused-ring (bicyclic) bond motifs is 1. The van der Waals surface area contributed by atoms with Crippen molar-refractivity contribution >= 4 is 17.3 Å². The van der Waals surface area contributed by atoms with Crippen LogP contribution in [0.1, 0.15) is 24.4 Å². The summed E-state index contributed by atoms with van der Waals surface area (Å²) in [6, 6.07) is 12.9. The number of nitrogens with zero attached hydrogens (tertiary/aromatic N) is 2. The van der Waals surface area contributed by atoms with Crippen LogP contribution in [0.3, 0.4) is 0 Å². The molecule has 2 unspecified atom stereocenters. The molecule has 31 heavy (non-hydrogen) atoms. The van der Waals surface area contributed by atoms with Crippen LogP contribution in [0.25, 0.3) is 0 Å². The first-order chi connectivity index (χ1) is 15.1. The molecule has 4 rings (SSSR count). The fourth-order valence-electron chi connectivity index (χ4n) is 4.93. The molecule has 6 nitrogen and oxygen atoms in total. The van der Waals surface area contributed by atoms with Gasteiger partial charge in [-0.05, 0) is 42.7 Å². The molecule has 0 radical (unpaired) electrons. The summed E-state index contributed by atoms with van der Waals surface area (Å²) in [5.41, 5.74) is 2.38. The maximum absolute atomic E-state index is 6.23. The van der Waals surface area contributed by atoms with E-state index in [1.165, 1.54) is 5.56 Å². The van der Waals surface area contributed by atoms with Crippen molar-refractivity contribution in [3.05, 3.63) is 47.0 Å². The first-order valence-corrected chi connectivity index (χ1v) is 11.0. The molecular weight excluding hydrogens is 416 g/mol. The van der Waals surface area contributed by atoms with Crippen molar-refractivity contribution in [3.63, 3.8) is 0 Å². The molecular formula is C24H31ClN2O4. The summed E-state index contributed by atoms with van der Waals surface area (Å²) in [4.78, 5) is 5.05. The van der Waals surface area contributed by atoms with Gasteiger partial charge in [0.15, 0.2) is 11.5 Å². The summed E-state index contributed by atoms with van der Waals surface area (Å²) in [5.74, 6) is 2.23. The van der Waals surface area contributed by atoms with Crippen LogP contribution >= 0.6 is 11.6 Å². The summed E-state index contributed by atoms with van der Waals surface area (Å²) < 4.78 is 22.3. The Hall–Kier alpha value is -2.15. The molecule has 2 heterocycles. The molecule has 2 aromatic rings. The van der Waals surface area contributed by atoms with Gasteiger partial charge in [-0.1, -0.05) is 17.7 Å². The number of methoxy groups -OCH3 is 4. The van der Waals surface area contributed by atoms with Gasteiger partial charge in [0.25, 0.3) is 0 Å². The van der Waals surface area contributed by atoms with Gasteiger partial charge in [0.2, 0.25) is 0 Å². The summed E-state index contributed by atoms with van der Waals surface area (Å²) >= 11 is 6.23. The van der Waals surface area contributed by atoms with Gasteiger partial charge in [0.05, 0.1) is 32.5 Å². The average molecular weight is 447 g/mol. The predicted octanol–water partition coefficient (Wildman–Crippen LogP) is 4.41. The molecule has 0 N–H and O–H groups in total. The van der Waals surface area contributed by atoms with E-state index in [0.717, 1.165) is 49.7 Å². The van der Waals surface area contributed by atoms with E-state index in [0.29, 0.717) is 16.8 Å². The van der Waals surface area contributed by atoms with Crippen molar-refractivity contribution in [1.82, 2.24) is 4.90 Å². The molecule has 0 spiro atoms. The van der Waals surface area contributed by atoms with Gasteiger partial charge in [-0.15, -0.1) is 0 Å². The predicted molar refractivity (Wildman–Crippen MR) is 123 cm³/mol. The normalized spacial score (nSPS) is 23.9.